The van der Waals surface area contributed by atoms with Gasteiger partial charge in [0.25, 0.3) is 0 Å². The molecule has 1 aromatic heterocycles. The second kappa shape index (κ2) is 7.56. The van der Waals surface area contributed by atoms with Crippen molar-refractivity contribution in [3.05, 3.63) is 81.9 Å². The zero-order chi connectivity index (χ0) is 17.9. The van der Waals surface area contributed by atoms with Crippen LogP contribution in [0.2, 0.25) is 0 Å². The van der Waals surface area contributed by atoms with Gasteiger partial charge in [0.15, 0.2) is 6.67 Å². The van der Waals surface area contributed by atoms with Gasteiger partial charge in [-0.15, -0.1) is 0 Å². The van der Waals surface area contributed by atoms with Gasteiger partial charge in [-0.05, 0) is 30.3 Å². The molecule has 3 aromatic rings. The number of benzene rings is 2. The van der Waals surface area contributed by atoms with Crippen LogP contribution in [-0.4, -0.2) is 20.9 Å². The van der Waals surface area contributed by atoms with Crippen LogP contribution in [0.1, 0.15) is 29.4 Å². The van der Waals surface area contributed by atoms with Crippen LogP contribution in [0.3, 0.4) is 0 Å². The lowest BCUT2D eigenvalue weighted by atomic mass is 10.0. The Morgan fingerprint density at radius 3 is 2.54 bits per heavy atom. The minimum Gasteiger partial charge on any atom is -0.312 e. The highest BCUT2D eigenvalue weighted by Crippen LogP contribution is 2.12. The number of hydrogen-bond acceptors (Lipinski definition) is 2. The van der Waals surface area contributed by atoms with E-state index < -0.39 is 0 Å². The van der Waals surface area contributed by atoms with Gasteiger partial charge in [-0.1, -0.05) is 54.6 Å². The maximum atomic E-state index is 5.72. The molecule has 4 nitrogen and oxygen atoms in total. The number of aromatic nitrogens is 3. The molecule has 26 heavy (non-hydrogen) atoms. The molecule has 0 saturated carbocycles. The maximum absolute atomic E-state index is 5.72. The summed E-state index contributed by atoms with van der Waals surface area (Å²) < 4.78 is 5.03. The van der Waals surface area contributed by atoms with Crippen LogP contribution in [0.15, 0.2) is 54.6 Å². The second-order valence-corrected chi connectivity index (χ2v) is 7.32. The van der Waals surface area contributed by atoms with Gasteiger partial charge in [-0.3, -0.25) is 0 Å². The van der Waals surface area contributed by atoms with Crippen molar-refractivity contribution in [1.29, 1.82) is 0 Å². The van der Waals surface area contributed by atoms with Crippen LogP contribution in [0, 0.1) is 4.77 Å². The van der Waals surface area contributed by atoms with E-state index >= 15 is 0 Å². The van der Waals surface area contributed by atoms with Crippen LogP contribution in [0.25, 0.3) is 0 Å². The monoisotopic (exact) mass is 365 g/mol. The molecule has 1 N–H and O–H groups in total. The third-order valence-electron chi connectivity index (χ3n) is 5.20. The molecular weight excluding hydrogens is 340 g/mol. The summed E-state index contributed by atoms with van der Waals surface area (Å²) in [5.74, 6) is 1.06. The van der Waals surface area contributed by atoms with Crippen molar-refractivity contribution in [3.63, 3.8) is 0 Å². The Labute approximate surface area is 159 Å². The molecule has 0 radical (unpaired) electrons. The quantitative estimate of drug-likeness (QED) is 0.704. The van der Waals surface area contributed by atoms with Gasteiger partial charge in [0.1, 0.15) is 12.4 Å². The average molecular weight is 366 g/mol. The smallest absolute Gasteiger partial charge is 0.202 e. The van der Waals surface area contributed by atoms with Crippen molar-refractivity contribution < 1.29 is 4.90 Å². The third-order valence-corrected chi connectivity index (χ3v) is 5.63. The van der Waals surface area contributed by atoms with E-state index in [0.29, 0.717) is 0 Å². The Balaban J connectivity index is 1.55. The summed E-state index contributed by atoms with van der Waals surface area (Å²) in [4.78, 5) is 1.52. The molecule has 1 atom stereocenters. The summed E-state index contributed by atoms with van der Waals surface area (Å²) in [6.07, 6.45) is 1.95. The molecule has 0 amide bonds. The molecule has 0 fully saturated rings. The lowest BCUT2D eigenvalue weighted by molar-refractivity contribution is -0.939. The molecular formula is C21H25N4S+. The van der Waals surface area contributed by atoms with Crippen LogP contribution in [0.5, 0.6) is 0 Å². The van der Waals surface area contributed by atoms with E-state index in [1.807, 2.05) is 10.7 Å². The van der Waals surface area contributed by atoms with Crippen molar-refractivity contribution in [3.8, 4) is 0 Å². The minimum absolute atomic E-state index is 0.823. The Kier molecular flexibility index (Phi) is 5.00. The van der Waals surface area contributed by atoms with Crippen molar-refractivity contribution in [2.24, 2.45) is 0 Å². The lowest BCUT2D eigenvalue weighted by Crippen LogP contribution is -3.11. The van der Waals surface area contributed by atoms with E-state index in [1.54, 1.807) is 0 Å². The summed E-state index contributed by atoms with van der Waals surface area (Å²) in [7, 11) is 0. The van der Waals surface area contributed by atoms with Crippen molar-refractivity contribution >= 4 is 12.2 Å². The molecule has 1 unspecified atom stereocenters. The first-order chi connectivity index (χ1) is 12.7. The molecule has 2 aromatic carbocycles. The number of rotatable bonds is 5. The molecule has 0 saturated heterocycles. The van der Waals surface area contributed by atoms with Crippen LogP contribution in [0.4, 0.5) is 0 Å². The molecule has 1 aliphatic rings. The van der Waals surface area contributed by atoms with E-state index in [9.17, 15) is 0 Å². The minimum atomic E-state index is 0.823. The van der Waals surface area contributed by atoms with Crippen LogP contribution in [-0.2, 0) is 32.6 Å². The molecule has 5 heteroatoms. The number of quaternary nitrogens is 1. The maximum Gasteiger partial charge on any atom is 0.202 e. The zero-order valence-corrected chi connectivity index (χ0v) is 16.0. The van der Waals surface area contributed by atoms with Crippen LogP contribution >= 0.6 is 12.2 Å². The second-order valence-electron chi connectivity index (χ2n) is 6.96. The normalized spacial score (nSPS) is 16.4. The summed E-state index contributed by atoms with van der Waals surface area (Å²) in [6, 6.07) is 19.3. The average Bonchev–Trinajstić information content (AvgIpc) is 2.96. The predicted octanol–water partition coefficient (Wildman–Crippen LogP) is 2.62. The van der Waals surface area contributed by atoms with Gasteiger partial charge in [0.05, 0.1) is 6.54 Å². The lowest BCUT2D eigenvalue weighted by Gasteiger charge is -2.25. The first-order valence-electron chi connectivity index (χ1n) is 9.35. The number of hydrogen-bond donors (Lipinski definition) is 1. The van der Waals surface area contributed by atoms with Crippen molar-refractivity contribution in [2.45, 2.75) is 39.5 Å². The number of nitrogens with one attached hydrogen (secondary N) is 1. The van der Waals surface area contributed by atoms with E-state index in [0.717, 1.165) is 49.7 Å². The number of nitrogens with zero attached hydrogens (tertiary/aromatic N) is 3. The highest BCUT2D eigenvalue weighted by atomic mass is 32.1. The standard InChI is InChI=1S/C21H24N4S/c1-2-24-20(14-17-8-4-3-5-9-17)22-25(21(24)26)16-23-13-12-18-10-6-7-11-19(18)15-23/h3-11H,2,12-16H2,1H3/p+1. The zero-order valence-electron chi connectivity index (χ0n) is 15.2. The molecule has 1 aliphatic heterocycles. The summed E-state index contributed by atoms with van der Waals surface area (Å²) in [5.41, 5.74) is 4.22. The molecule has 0 spiro atoms. The Hall–Kier alpha value is -2.24. The van der Waals surface area contributed by atoms with Crippen LogP contribution < -0.4 is 4.90 Å². The van der Waals surface area contributed by atoms with Crippen molar-refractivity contribution in [2.75, 3.05) is 6.54 Å². The summed E-state index contributed by atoms with van der Waals surface area (Å²) in [5, 5.41) is 4.88. The fraction of sp³-hybridized carbons (Fsp3) is 0.333. The Morgan fingerprint density at radius 2 is 1.77 bits per heavy atom. The van der Waals surface area contributed by atoms with Gasteiger partial charge < -0.3 is 9.47 Å². The summed E-state index contributed by atoms with van der Waals surface area (Å²) >= 11 is 5.72. The molecule has 4 rings (SSSR count). The predicted molar refractivity (Wildman–Crippen MR) is 106 cm³/mol. The van der Waals surface area contributed by atoms with Gasteiger partial charge in [-0.25, -0.2) is 0 Å². The van der Waals surface area contributed by atoms with E-state index in [1.165, 1.54) is 21.6 Å². The van der Waals surface area contributed by atoms with Gasteiger partial charge in [0, 0.05) is 24.9 Å². The topological polar surface area (TPSA) is 27.2 Å². The van der Waals surface area contributed by atoms with Crippen molar-refractivity contribution in [1.82, 2.24) is 14.3 Å². The first kappa shape index (κ1) is 17.2. The van der Waals surface area contributed by atoms with E-state index in [-0.39, 0.29) is 0 Å². The highest BCUT2D eigenvalue weighted by molar-refractivity contribution is 7.71. The van der Waals surface area contributed by atoms with E-state index in [4.69, 9.17) is 17.3 Å². The summed E-state index contributed by atoms with van der Waals surface area (Å²) in [6.45, 7) is 6.01. The van der Waals surface area contributed by atoms with Gasteiger partial charge >= 0.3 is 0 Å². The largest absolute Gasteiger partial charge is 0.312 e. The molecule has 0 bridgehead atoms. The SMILES string of the molecule is CCn1c(Cc2ccccc2)nn(C[NH+]2CCc3ccccc3C2)c1=S. The molecule has 134 valence electrons. The Bertz CT molecular complexity index is 942. The highest BCUT2D eigenvalue weighted by Gasteiger charge is 2.21. The first-order valence-corrected chi connectivity index (χ1v) is 9.76. The van der Waals surface area contributed by atoms with Gasteiger partial charge in [0.2, 0.25) is 4.77 Å². The molecule has 0 aliphatic carbocycles. The fourth-order valence-electron chi connectivity index (χ4n) is 3.81. The molecule has 2 heterocycles. The Morgan fingerprint density at radius 1 is 1.04 bits per heavy atom. The van der Waals surface area contributed by atoms with Gasteiger partial charge in [-0.2, -0.15) is 9.78 Å². The third kappa shape index (κ3) is 3.50. The van der Waals surface area contributed by atoms with E-state index in [2.05, 4.69) is 60.0 Å². The fourth-order valence-corrected chi connectivity index (χ4v) is 4.15. The number of fused-ring (bicyclic) bond motifs is 1.